The van der Waals surface area contributed by atoms with Crippen molar-refractivity contribution < 1.29 is 19.4 Å². The number of benzene rings is 3. The summed E-state index contributed by atoms with van der Waals surface area (Å²) in [6, 6.07) is 20.3. The number of likely N-dealkylation sites (tertiary alicyclic amines) is 1. The lowest BCUT2D eigenvalue weighted by Crippen LogP contribution is -2.50. The van der Waals surface area contributed by atoms with Crippen molar-refractivity contribution >= 4 is 11.1 Å². The molecule has 0 aliphatic carbocycles. The first-order valence-electron chi connectivity index (χ1n) is 12.6. The van der Waals surface area contributed by atoms with Crippen LogP contribution in [0, 0.1) is 6.92 Å². The Morgan fingerprint density at radius 1 is 1.08 bits per heavy atom. The number of ether oxygens (including phenoxy) is 1. The molecule has 1 aliphatic rings. The van der Waals surface area contributed by atoms with Crippen molar-refractivity contribution in [2.75, 3.05) is 39.4 Å². The summed E-state index contributed by atoms with van der Waals surface area (Å²) in [6.07, 6.45) is 0.773. The Labute approximate surface area is 211 Å². The molecular formula is C29H33N3O4. The molecule has 188 valence electrons. The summed E-state index contributed by atoms with van der Waals surface area (Å²) >= 11 is 0. The van der Waals surface area contributed by atoms with E-state index in [-0.39, 0.29) is 12.7 Å². The van der Waals surface area contributed by atoms with Gasteiger partial charge >= 0.3 is 0 Å². The molecule has 2 heterocycles. The second-order valence-corrected chi connectivity index (χ2v) is 9.35. The molecule has 4 aromatic rings. The monoisotopic (exact) mass is 487 g/mol. The first-order valence-corrected chi connectivity index (χ1v) is 12.6. The molecule has 7 nitrogen and oxygen atoms in total. The van der Waals surface area contributed by atoms with E-state index in [0.717, 1.165) is 70.7 Å². The Balaban J connectivity index is 1.30. The zero-order chi connectivity index (χ0) is 24.9. The zero-order valence-electron chi connectivity index (χ0n) is 20.6. The van der Waals surface area contributed by atoms with Crippen molar-refractivity contribution in [1.29, 1.82) is 0 Å². The Hall–Kier alpha value is -3.23. The number of hydrogen-bond acceptors (Lipinski definition) is 7. The fourth-order valence-corrected chi connectivity index (χ4v) is 4.62. The molecule has 0 saturated carbocycles. The summed E-state index contributed by atoms with van der Waals surface area (Å²) in [5, 5.41) is 21.6. The van der Waals surface area contributed by atoms with E-state index in [1.165, 1.54) is 0 Å². The highest BCUT2D eigenvalue weighted by Crippen LogP contribution is 2.33. The maximum Gasteiger partial charge on any atom is 0.227 e. The van der Waals surface area contributed by atoms with Crippen LogP contribution in [0.1, 0.15) is 17.5 Å². The van der Waals surface area contributed by atoms with Crippen LogP contribution in [0.3, 0.4) is 0 Å². The molecule has 7 heteroatoms. The number of oxazole rings is 1. The van der Waals surface area contributed by atoms with E-state index in [2.05, 4.69) is 35.3 Å². The van der Waals surface area contributed by atoms with Gasteiger partial charge in [-0.2, -0.15) is 0 Å². The van der Waals surface area contributed by atoms with Gasteiger partial charge in [0.2, 0.25) is 5.89 Å². The van der Waals surface area contributed by atoms with Gasteiger partial charge in [-0.05, 0) is 65.9 Å². The summed E-state index contributed by atoms with van der Waals surface area (Å²) < 4.78 is 12.3. The van der Waals surface area contributed by atoms with E-state index < -0.39 is 0 Å². The number of nitrogens with zero attached hydrogens (tertiary/aromatic N) is 2. The van der Waals surface area contributed by atoms with Crippen LogP contribution in [0.2, 0.25) is 0 Å². The van der Waals surface area contributed by atoms with E-state index >= 15 is 0 Å². The summed E-state index contributed by atoms with van der Waals surface area (Å²) in [6.45, 7) is 6.58. The number of β-amino-alcohol motifs (C(OH)–C–C–N with tert-alkyl or cyclic N) is 1. The van der Waals surface area contributed by atoms with Gasteiger partial charge in [0, 0.05) is 38.3 Å². The third-order valence-electron chi connectivity index (χ3n) is 6.59. The third kappa shape index (κ3) is 5.60. The largest absolute Gasteiger partial charge is 0.493 e. The second kappa shape index (κ2) is 11.2. The number of aliphatic hydroxyl groups is 2. The smallest absolute Gasteiger partial charge is 0.227 e. The van der Waals surface area contributed by atoms with Gasteiger partial charge in [-0.25, -0.2) is 4.98 Å². The molecule has 1 saturated heterocycles. The first kappa shape index (κ1) is 24.5. The van der Waals surface area contributed by atoms with E-state index in [1.807, 2.05) is 42.5 Å². The number of hydrogen-bond donors (Lipinski definition) is 3. The van der Waals surface area contributed by atoms with Crippen LogP contribution in [-0.4, -0.2) is 65.6 Å². The van der Waals surface area contributed by atoms with Crippen LogP contribution in [0.4, 0.5) is 0 Å². The lowest BCUT2D eigenvalue weighted by molar-refractivity contribution is 0.0000402. The number of aliphatic hydroxyl groups excluding tert-OH is 2. The van der Waals surface area contributed by atoms with Gasteiger partial charge in [-0.3, -0.25) is 4.90 Å². The van der Waals surface area contributed by atoms with Crippen LogP contribution in [0.25, 0.3) is 33.7 Å². The van der Waals surface area contributed by atoms with Crippen molar-refractivity contribution in [3.63, 3.8) is 0 Å². The molecule has 3 N–H and O–H groups in total. The first-order chi connectivity index (χ1) is 17.6. The van der Waals surface area contributed by atoms with E-state index in [9.17, 15) is 5.11 Å². The molecule has 3 aromatic carbocycles. The highest BCUT2D eigenvalue weighted by atomic mass is 16.5. The number of aromatic nitrogens is 1. The molecule has 0 amide bonds. The average Bonchev–Trinajstić information content (AvgIpc) is 3.30. The molecular weight excluding hydrogens is 454 g/mol. The Bertz CT molecular complexity index is 1310. The lowest BCUT2D eigenvalue weighted by atomic mass is 9.99. The summed E-state index contributed by atoms with van der Waals surface area (Å²) in [7, 11) is 0. The van der Waals surface area contributed by atoms with E-state index in [4.69, 9.17) is 19.2 Å². The quantitative estimate of drug-likeness (QED) is 0.276. The van der Waals surface area contributed by atoms with Crippen LogP contribution in [0.15, 0.2) is 65.1 Å². The minimum Gasteiger partial charge on any atom is -0.493 e. The maximum atomic E-state index is 9.41. The standard InChI is InChI=1S/C29H33N3O4/c1-20-25(7-3-8-27(20)35-14-4-12-32-18-24(34)19-32)22-9-10-26-28(16-22)36-29(31-26)23-6-2-5-21(15-23)17-30-11-13-33/h2-3,5-10,15-16,24,30,33-34H,4,11-14,17-19H2,1H3. The van der Waals surface area contributed by atoms with Crippen molar-refractivity contribution in [2.24, 2.45) is 0 Å². The summed E-state index contributed by atoms with van der Waals surface area (Å²) in [5.74, 6) is 1.48. The maximum absolute atomic E-state index is 9.41. The summed E-state index contributed by atoms with van der Waals surface area (Å²) in [4.78, 5) is 6.94. The van der Waals surface area contributed by atoms with Gasteiger partial charge in [-0.1, -0.05) is 30.3 Å². The minimum absolute atomic E-state index is 0.117. The fourth-order valence-electron chi connectivity index (χ4n) is 4.62. The predicted molar refractivity (Wildman–Crippen MR) is 141 cm³/mol. The van der Waals surface area contributed by atoms with Crippen LogP contribution in [-0.2, 0) is 6.54 Å². The average molecular weight is 488 g/mol. The molecule has 1 fully saturated rings. The molecule has 5 rings (SSSR count). The molecule has 0 atom stereocenters. The Morgan fingerprint density at radius 2 is 1.94 bits per heavy atom. The minimum atomic E-state index is -0.160. The van der Waals surface area contributed by atoms with E-state index in [1.54, 1.807) is 0 Å². The molecule has 36 heavy (non-hydrogen) atoms. The fraction of sp³-hybridized carbons (Fsp3) is 0.345. The Morgan fingerprint density at radius 3 is 2.78 bits per heavy atom. The highest BCUT2D eigenvalue weighted by Gasteiger charge is 2.23. The topological polar surface area (TPSA) is 91.0 Å². The van der Waals surface area contributed by atoms with Crippen molar-refractivity contribution in [1.82, 2.24) is 15.2 Å². The zero-order valence-corrected chi connectivity index (χ0v) is 20.6. The van der Waals surface area contributed by atoms with Gasteiger partial charge < -0.3 is 24.7 Å². The van der Waals surface area contributed by atoms with Gasteiger partial charge in [0.1, 0.15) is 11.3 Å². The van der Waals surface area contributed by atoms with Crippen molar-refractivity contribution in [3.05, 3.63) is 71.8 Å². The highest BCUT2D eigenvalue weighted by molar-refractivity contribution is 5.83. The van der Waals surface area contributed by atoms with Gasteiger partial charge in [0.25, 0.3) is 0 Å². The van der Waals surface area contributed by atoms with Crippen LogP contribution < -0.4 is 10.1 Å². The summed E-state index contributed by atoms with van der Waals surface area (Å²) in [5.41, 5.74) is 6.86. The molecule has 0 unspecified atom stereocenters. The van der Waals surface area contributed by atoms with Crippen LogP contribution >= 0.6 is 0 Å². The van der Waals surface area contributed by atoms with Gasteiger partial charge in [-0.15, -0.1) is 0 Å². The molecule has 0 radical (unpaired) electrons. The molecule has 1 aliphatic heterocycles. The molecule has 0 spiro atoms. The third-order valence-corrected chi connectivity index (χ3v) is 6.59. The number of rotatable bonds is 11. The van der Waals surface area contributed by atoms with Crippen molar-refractivity contribution in [3.8, 4) is 28.3 Å². The number of nitrogens with one attached hydrogen (secondary N) is 1. The van der Waals surface area contributed by atoms with Crippen LogP contribution in [0.5, 0.6) is 5.75 Å². The number of fused-ring (bicyclic) bond motifs is 1. The lowest BCUT2D eigenvalue weighted by Gasteiger charge is -2.35. The molecule has 0 bridgehead atoms. The molecule has 1 aromatic heterocycles. The van der Waals surface area contributed by atoms with E-state index in [0.29, 0.717) is 25.6 Å². The Kier molecular flexibility index (Phi) is 7.63. The van der Waals surface area contributed by atoms with Gasteiger partial charge in [0.05, 0.1) is 19.3 Å². The van der Waals surface area contributed by atoms with Crippen molar-refractivity contribution in [2.45, 2.75) is 26.0 Å². The SMILES string of the molecule is Cc1c(OCCCN2CC(O)C2)cccc1-c1ccc2nc(-c3cccc(CNCCO)c3)oc2c1. The normalized spacial score (nSPS) is 14.3. The predicted octanol–water partition coefficient (Wildman–Crippen LogP) is 4.00. The van der Waals surface area contributed by atoms with Gasteiger partial charge in [0.15, 0.2) is 5.58 Å². The second-order valence-electron chi connectivity index (χ2n) is 9.35.